The first-order chi connectivity index (χ1) is 30.0. The Labute approximate surface area is 374 Å². The van der Waals surface area contributed by atoms with E-state index in [0.717, 1.165) is 89.9 Å². The van der Waals surface area contributed by atoms with Crippen LogP contribution in [0.25, 0.3) is 0 Å². The molecular formula is C49H82O12S. The number of unbranched alkanes of at least 4 members (excludes halogenated alkanes) is 14. The molecule has 4 N–H and O–H groups in total. The fraction of sp³-hybridized carbons (Fsp3) is 0.714. The van der Waals surface area contributed by atoms with Crippen molar-refractivity contribution in [3.05, 3.63) is 72.9 Å². The van der Waals surface area contributed by atoms with Gasteiger partial charge >= 0.3 is 11.9 Å². The van der Waals surface area contributed by atoms with Crippen LogP contribution in [0, 0.1) is 0 Å². The molecule has 0 saturated carbocycles. The fourth-order valence-electron chi connectivity index (χ4n) is 6.64. The molecule has 1 rings (SSSR count). The SMILES string of the molecule is CC/C=C\C/C=C\C/C=C\C/C=C\CCCCCCC(=O)OC(COC(=O)CCCCCCCCC/C=C\C/C=C\CCCCC)COC1OC(CS(=O)(=O)O)C(O)C(O)C1O. The third-order valence-electron chi connectivity index (χ3n) is 10.3. The van der Waals surface area contributed by atoms with Crippen molar-refractivity contribution in [2.24, 2.45) is 0 Å². The van der Waals surface area contributed by atoms with Gasteiger partial charge in [0.05, 0.1) is 6.61 Å². The molecule has 0 bridgehead atoms. The van der Waals surface area contributed by atoms with Gasteiger partial charge < -0.3 is 34.3 Å². The molecule has 1 saturated heterocycles. The van der Waals surface area contributed by atoms with Gasteiger partial charge in [-0.25, -0.2) is 0 Å². The van der Waals surface area contributed by atoms with Crippen molar-refractivity contribution in [2.75, 3.05) is 19.0 Å². The topological polar surface area (TPSA) is 186 Å². The highest BCUT2D eigenvalue weighted by Crippen LogP contribution is 2.24. The second kappa shape index (κ2) is 38.5. The van der Waals surface area contributed by atoms with E-state index in [-0.39, 0.29) is 19.4 Å². The van der Waals surface area contributed by atoms with Gasteiger partial charge in [0.1, 0.15) is 36.8 Å². The van der Waals surface area contributed by atoms with Gasteiger partial charge in [-0.3, -0.25) is 14.1 Å². The fourth-order valence-corrected chi connectivity index (χ4v) is 7.33. The summed E-state index contributed by atoms with van der Waals surface area (Å²) in [5.41, 5.74) is 0. The molecule has 1 aliphatic rings. The van der Waals surface area contributed by atoms with Crippen molar-refractivity contribution < 1.29 is 56.8 Å². The molecule has 6 atom stereocenters. The lowest BCUT2D eigenvalue weighted by Crippen LogP contribution is -2.60. The predicted molar refractivity (Wildman–Crippen MR) is 247 cm³/mol. The first kappa shape index (κ1) is 57.1. The number of carbonyl (C=O) groups excluding carboxylic acids is 2. The molecule has 13 heteroatoms. The lowest BCUT2D eigenvalue weighted by Gasteiger charge is -2.40. The number of hydrogen-bond donors (Lipinski definition) is 4. The average Bonchev–Trinajstić information content (AvgIpc) is 3.24. The highest BCUT2D eigenvalue weighted by molar-refractivity contribution is 7.85. The van der Waals surface area contributed by atoms with Crippen LogP contribution in [-0.2, 0) is 38.7 Å². The van der Waals surface area contributed by atoms with Gasteiger partial charge in [0.25, 0.3) is 10.1 Å². The summed E-state index contributed by atoms with van der Waals surface area (Å²) in [5, 5.41) is 30.9. The number of hydrogen-bond acceptors (Lipinski definition) is 11. The quantitative estimate of drug-likeness (QED) is 0.0199. The molecule has 12 nitrogen and oxygen atoms in total. The van der Waals surface area contributed by atoms with Gasteiger partial charge in [-0.1, -0.05) is 145 Å². The molecule has 0 spiro atoms. The molecule has 1 fully saturated rings. The maximum atomic E-state index is 12.8. The molecule has 0 aromatic heterocycles. The molecule has 1 aliphatic heterocycles. The highest BCUT2D eigenvalue weighted by atomic mass is 32.2. The smallest absolute Gasteiger partial charge is 0.306 e. The zero-order chi connectivity index (χ0) is 45.5. The van der Waals surface area contributed by atoms with Gasteiger partial charge in [0.15, 0.2) is 12.4 Å². The monoisotopic (exact) mass is 895 g/mol. The van der Waals surface area contributed by atoms with Crippen LogP contribution in [0.3, 0.4) is 0 Å². The second-order valence-corrected chi connectivity index (χ2v) is 17.5. The molecule has 62 heavy (non-hydrogen) atoms. The Kier molecular flexibility index (Phi) is 35.5. The summed E-state index contributed by atoms with van der Waals surface area (Å²) < 4.78 is 54.1. The van der Waals surface area contributed by atoms with Crippen LogP contribution < -0.4 is 0 Å². The summed E-state index contributed by atoms with van der Waals surface area (Å²) in [5.74, 6) is -2.03. The van der Waals surface area contributed by atoms with Crippen LogP contribution in [0.4, 0.5) is 0 Å². The molecule has 0 radical (unpaired) electrons. The average molecular weight is 895 g/mol. The second-order valence-electron chi connectivity index (χ2n) is 16.0. The lowest BCUT2D eigenvalue weighted by atomic mass is 10.00. The molecule has 0 amide bonds. The number of aliphatic hydroxyl groups is 3. The largest absolute Gasteiger partial charge is 0.462 e. The first-order valence-electron chi connectivity index (χ1n) is 23.5. The minimum absolute atomic E-state index is 0.131. The summed E-state index contributed by atoms with van der Waals surface area (Å²) >= 11 is 0. The van der Waals surface area contributed by atoms with E-state index in [9.17, 15) is 37.9 Å². The summed E-state index contributed by atoms with van der Waals surface area (Å²) in [6.07, 6.45) is 39.4. The third-order valence-corrected chi connectivity index (χ3v) is 11.0. The van der Waals surface area contributed by atoms with E-state index < -0.39 is 71.2 Å². The molecule has 1 heterocycles. The minimum atomic E-state index is -4.61. The van der Waals surface area contributed by atoms with Gasteiger partial charge in [-0.2, -0.15) is 8.42 Å². The predicted octanol–water partition coefficient (Wildman–Crippen LogP) is 9.89. The third kappa shape index (κ3) is 32.7. The van der Waals surface area contributed by atoms with E-state index in [1.54, 1.807) is 0 Å². The van der Waals surface area contributed by atoms with Crippen molar-refractivity contribution in [3.63, 3.8) is 0 Å². The first-order valence-corrected chi connectivity index (χ1v) is 25.1. The van der Waals surface area contributed by atoms with Gasteiger partial charge in [0, 0.05) is 12.8 Å². The molecule has 0 aromatic rings. The van der Waals surface area contributed by atoms with E-state index >= 15 is 0 Å². The van der Waals surface area contributed by atoms with Gasteiger partial charge in [-0.05, 0) is 83.5 Å². The summed E-state index contributed by atoms with van der Waals surface area (Å²) in [6, 6.07) is 0. The van der Waals surface area contributed by atoms with Crippen molar-refractivity contribution in [3.8, 4) is 0 Å². The number of aliphatic hydroxyl groups excluding tert-OH is 3. The van der Waals surface area contributed by atoms with Gasteiger partial charge in [0.2, 0.25) is 0 Å². The van der Waals surface area contributed by atoms with Crippen molar-refractivity contribution in [1.82, 2.24) is 0 Å². The Hall–Kier alpha value is -2.91. The molecule has 0 aliphatic carbocycles. The van der Waals surface area contributed by atoms with E-state index in [2.05, 4.69) is 86.8 Å². The number of ether oxygens (including phenoxy) is 4. The Morgan fingerprint density at radius 1 is 0.565 bits per heavy atom. The zero-order valence-corrected chi connectivity index (χ0v) is 38.8. The van der Waals surface area contributed by atoms with Crippen molar-refractivity contribution >= 4 is 22.1 Å². The Morgan fingerprint density at radius 3 is 1.52 bits per heavy atom. The van der Waals surface area contributed by atoms with E-state index in [4.69, 9.17) is 18.9 Å². The van der Waals surface area contributed by atoms with Gasteiger partial charge in [-0.15, -0.1) is 0 Å². The molecule has 356 valence electrons. The molecular weight excluding hydrogens is 813 g/mol. The summed E-state index contributed by atoms with van der Waals surface area (Å²) in [6.45, 7) is 3.59. The number of rotatable bonds is 38. The number of carbonyl (C=O) groups is 2. The number of esters is 2. The number of allylic oxidation sites excluding steroid dienone is 12. The minimum Gasteiger partial charge on any atom is -0.462 e. The van der Waals surface area contributed by atoms with E-state index in [1.165, 1.54) is 38.5 Å². The Morgan fingerprint density at radius 2 is 1.02 bits per heavy atom. The normalized spacial score (nSPS) is 20.5. The van der Waals surface area contributed by atoms with E-state index in [1.807, 2.05) is 0 Å². The van der Waals surface area contributed by atoms with Crippen molar-refractivity contribution in [2.45, 2.75) is 205 Å². The van der Waals surface area contributed by atoms with Crippen LogP contribution in [0.1, 0.15) is 168 Å². The standard InChI is InChI=1S/C49H82O12S/c1-3-5-7-9-11-13-15-17-19-21-23-25-27-29-31-33-35-37-44(50)58-39-42(40-59-49-48(54)47(53)46(52)43(61-49)41-62(55,56)57)60-45(51)38-36-34-32-30-28-26-24-22-20-18-16-14-12-10-8-6-4-2/h6,8,11-14,17-20,24,26,42-43,46-49,52-54H,3-5,7,9-10,15-16,21-23,25,27-41H2,1-2H3,(H,55,56,57)/b8-6-,13-11-,14-12-,19-17-,20-18-,26-24-. The maximum absolute atomic E-state index is 12.8. The van der Waals surface area contributed by atoms with Crippen molar-refractivity contribution in [1.29, 1.82) is 0 Å². The Bertz CT molecular complexity index is 1420. The molecule has 6 unspecified atom stereocenters. The zero-order valence-electron chi connectivity index (χ0n) is 37.9. The lowest BCUT2D eigenvalue weighted by molar-refractivity contribution is -0.297. The van der Waals surface area contributed by atoms with Crippen LogP contribution in [0.2, 0.25) is 0 Å². The summed E-state index contributed by atoms with van der Waals surface area (Å²) in [7, 11) is -4.61. The molecule has 0 aromatic carbocycles. The maximum Gasteiger partial charge on any atom is 0.306 e. The van der Waals surface area contributed by atoms with E-state index in [0.29, 0.717) is 12.8 Å². The summed E-state index contributed by atoms with van der Waals surface area (Å²) in [4.78, 5) is 25.4. The Balaban J connectivity index is 2.46. The van der Waals surface area contributed by atoms with Crippen LogP contribution in [0.5, 0.6) is 0 Å². The van der Waals surface area contributed by atoms with Crippen LogP contribution in [-0.4, -0.2) is 96.0 Å². The van der Waals surface area contributed by atoms with Crippen LogP contribution >= 0.6 is 0 Å². The van der Waals surface area contributed by atoms with Crippen LogP contribution in [0.15, 0.2) is 72.9 Å². The highest BCUT2D eigenvalue weighted by Gasteiger charge is 2.46.